The molecule has 0 aliphatic heterocycles. The Hall–Kier alpha value is -1.47. The normalized spacial score (nSPS) is 10.4. The first-order valence-corrected chi connectivity index (χ1v) is 8.45. The van der Waals surface area contributed by atoms with Gasteiger partial charge in [-0.2, -0.15) is 5.26 Å². The van der Waals surface area contributed by atoms with Gasteiger partial charge in [0.15, 0.2) is 11.0 Å². The van der Waals surface area contributed by atoms with Crippen molar-refractivity contribution in [2.24, 2.45) is 0 Å². The van der Waals surface area contributed by atoms with Crippen LogP contribution in [0.5, 0.6) is 0 Å². The Labute approximate surface area is 151 Å². The van der Waals surface area contributed by atoms with E-state index < -0.39 is 0 Å². The third kappa shape index (κ3) is 4.29. The summed E-state index contributed by atoms with van der Waals surface area (Å²) in [5.41, 5.74) is 1.25. The number of benzene rings is 1. The number of hydrogen-bond acceptors (Lipinski definition) is 3. The maximum absolute atomic E-state index is 9.10. The van der Waals surface area contributed by atoms with Crippen molar-refractivity contribution in [3.8, 4) is 6.07 Å². The molecule has 0 aliphatic rings. The fraction of sp³-hybridized carbons (Fsp3) is 0.294. The Kier molecular flexibility index (Phi) is 6.53. The molecule has 0 N–H and O–H groups in total. The minimum Gasteiger partial charge on any atom is -0.351 e. The first kappa shape index (κ1) is 17.9. The van der Waals surface area contributed by atoms with E-state index in [4.69, 9.17) is 40.1 Å². The number of aromatic nitrogens is 1. The minimum atomic E-state index is 0.0754. The zero-order valence-electron chi connectivity index (χ0n) is 12.7. The molecule has 0 saturated carbocycles. The summed E-state index contributed by atoms with van der Waals surface area (Å²) in [6.45, 7) is 3.54. The second kappa shape index (κ2) is 8.40. The van der Waals surface area contributed by atoms with Crippen molar-refractivity contribution in [3.05, 3.63) is 56.7 Å². The van der Waals surface area contributed by atoms with E-state index in [2.05, 4.69) is 11.9 Å². The molecule has 1 heterocycles. The van der Waals surface area contributed by atoms with Gasteiger partial charge in [-0.15, -0.1) is 0 Å². The van der Waals surface area contributed by atoms with Crippen LogP contribution >= 0.6 is 34.8 Å². The highest BCUT2D eigenvalue weighted by molar-refractivity contribution is 6.45. The number of pyridine rings is 1. The highest BCUT2D eigenvalue weighted by Crippen LogP contribution is 2.37. The lowest BCUT2D eigenvalue weighted by atomic mass is 10.2. The molecule has 0 atom stereocenters. The number of unbranched alkanes of at least 4 members (excludes halogenated alkanes) is 1. The topological polar surface area (TPSA) is 39.9 Å². The molecule has 0 bridgehead atoms. The quantitative estimate of drug-likeness (QED) is 0.612. The number of rotatable bonds is 6. The summed E-state index contributed by atoms with van der Waals surface area (Å²) >= 11 is 18.6. The molecule has 23 heavy (non-hydrogen) atoms. The molecule has 120 valence electrons. The lowest BCUT2D eigenvalue weighted by Crippen LogP contribution is -2.25. The number of anilines is 1. The van der Waals surface area contributed by atoms with Gasteiger partial charge >= 0.3 is 0 Å². The zero-order chi connectivity index (χ0) is 16.8. The van der Waals surface area contributed by atoms with Crippen molar-refractivity contribution < 1.29 is 0 Å². The van der Waals surface area contributed by atoms with E-state index >= 15 is 0 Å². The number of nitriles is 1. The van der Waals surface area contributed by atoms with Gasteiger partial charge in [-0.1, -0.05) is 78.5 Å². The monoisotopic (exact) mass is 367 g/mol. The Balaban J connectivity index is 2.41. The smallest absolute Gasteiger partial charge is 0.151 e. The van der Waals surface area contributed by atoms with Crippen molar-refractivity contribution in [2.45, 2.75) is 26.3 Å². The Morgan fingerprint density at radius 3 is 2.43 bits per heavy atom. The van der Waals surface area contributed by atoms with Crippen molar-refractivity contribution >= 4 is 40.6 Å². The molecule has 0 unspecified atom stereocenters. The molecule has 3 nitrogen and oxygen atoms in total. The first-order valence-electron chi connectivity index (χ1n) is 7.32. The molecule has 0 radical (unpaired) electrons. The highest BCUT2D eigenvalue weighted by atomic mass is 35.5. The van der Waals surface area contributed by atoms with Crippen LogP contribution in [-0.2, 0) is 6.54 Å². The summed E-state index contributed by atoms with van der Waals surface area (Å²) in [4.78, 5) is 6.35. The zero-order valence-corrected chi connectivity index (χ0v) is 15.0. The summed E-state index contributed by atoms with van der Waals surface area (Å²) in [7, 11) is 0. The average Bonchev–Trinajstić information content (AvgIpc) is 2.56. The lowest BCUT2D eigenvalue weighted by molar-refractivity contribution is 0.708. The van der Waals surface area contributed by atoms with Gasteiger partial charge in [-0.3, -0.25) is 0 Å². The van der Waals surface area contributed by atoms with Crippen LogP contribution in [0.1, 0.15) is 30.9 Å². The maximum Gasteiger partial charge on any atom is 0.151 e. The molecule has 0 aliphatic carbocycles. The van der Waals surface area contributed by atoms with E-state index in [1.807, 2.05) is 41.3 Å². The van der Waals surface area contributed by atoms with Gasteiger partial charge < -0.3 is 4.90 Å². The molecule has 1 aromatic carbocycles. The summed E-state index contributed by atoms with van der Waals surface area (Å²) in [6, 6.07) is 12.0. The molecule has 0 fully saturated rings. The molecule has 1 aromatic heterocycles. The largest absolute Gasteiger partial charge is 0.351 e. The number of hydrogen-bond donors (Lipinski definition) is 0. The van der Waals surface area contributed by atoms with Gasteiger partial charge in [0.25, 0.3) is 0 Å². The van der Waals surface area contributed by atoms with Crippen molar-refractivity contribution in [1.29, 1.82) is 5.26 Å². The van der Waals surface area contributed by atoms with Crippen LogP contribution in [0.2, 0.25) is 15.2 Å². The summed E-state index contributed by atoms with van der Waals surface area (Å²) in [5, 5.41) is 9.59. The van der Waals surface area contributed by atoms with E-state index in [0.29, 0.717) is 12.4 Å². The van der Waals surface area contributed by atoms with Gasteiger partial charge in [0.1, 0.15) is 16.7 Å². The molecule has 0 spiro atoms. The van der Waals surface area contributed by atoms with Crippen LogP contribution in [-0.4, -0.2) is 11.5 Å². The molecule has 0 saturated heterocycles. The van der Waals surface area contributed by atoms with Gasteiger partial charge in [-0.05, 0) is 12.0 Å². The molecule has 2 aromatic rings. The van der Waals surface area contributed by atoms with E-state index in [0.717, 1.165) is 24.9 Å². The van der Waals surface area contributed by atoms with Crippen LogP contribution in [0.4, 0.5) is 5.82 Å². The standard InChI is InChI=1S/C17H16Cl3N3/c1-2-3-9-23(11-12-7-5-4-6-8-12)17-15(19)14(18)13(10-21)16(20)22-17/h4-8H,2-3,9,11H2,1H3. The minimum absolute atomic E-state index is 0.0754. The maximum atomic E-state index is 9.10. The lowest BCUT2D eigenvalue weighted by Gasteiger charge is -2.25. The Bertz CT molecular complexity index is 711. The average molecular weight is 369 g/mol. The van der Waals surface area contributed by atoms with Crippen LogP contribution in [0.3, 0.4) is 0 Å². The highest BCUT2D eigenvalue weighted by Gasteiger charge is 2.20. The van der Waals surface area contributed by atoms with Gasteiger partial charge in [0, 0.05) is 13.1 Å². The summed E-state index contributed by atoms with van der Waals surface area (Å²) in [6.07, 6.45) is 2.03. The molecular formula is C17H16Cl3N3. The van der Waals surface area contributed by atoms with Crippen LogP contribution in [0.15, 0.2) is 30.3 Å². The van der Waals surface area contributed by atoms with Crippen molar-refractivity contribution in [2.75, 3.05) is 11.4 Å². The molecular weight excluding hydrogens is 353 g/mol. The van der Waals surface area contributed by atoms with Crippen LogP contribution in [0.25, 0.3) is 0 Å². The second-order valence-electron chi connectivity index (χ2n) is 5.10. The van der Waals surface area contributed by atoms with Crippen molar-refractivity contribution in [1.82, 2.24) is 4.98 Å². The summed E-state index contributed by atoms with van der Waals surface area (Å²) in [5.74, 6) is 0.512. The number of nitrogens with zero attached hydrogens (tertiary/aromatic N) is 3. The first-order chi connectivity index (χ1) is 11.1. The van der Waals surface area contributed by atoms with E-state index in [1.54, 1.807) is 0 Å². The predicted octanol–water partition coefficient (Wildman–Crippen LogP) is 5.72. The molecule has 0 amide bonds. The molecule has 6 heteroatoms. The SMILES string of the molecule is CCCCN(Cc1ccccc1)c1nc(Cl)c(C#N)c(Cl)c1Cl. The van der Waals surface area contributed by atoms with E-state index in [-0.39, 0.29) is 20.8 Å². The Morgan fingerprint density at radius 1 is 1.13 bits per heavy atom. The third-order valence-corrected chi connectivity index (χ3v) is 4.53. The number of halogens is 3. The van der Waals surface area contributed by atoms with E-state index in [9.17, 15) is 0 Å². The predicted molar refractivity (Wildman–Crippen MR) is 96.4 cm³/mol. The fourth-order valence-corrected chi connectivity index (χ4v) is 2.95. The fourth-order valence-electron chi connectivity index (χ4n) is 2.21. The van der Waals surface area contributed by atoms with Crippen LogP contribution < -0.4 is 4.90 Å². The van der Waals surface area contributed by atoms with E-state index in [1.165, 1.54) is 0 Å². The van der Waals surface area contributed by atoms with Crippen LogP contribution in [0, 0.1) is 11.3 Å². The summed E-state index contributed by atoms with van der Waals surface area (Å²) < 4.78 is 0. The second-order valence-corrected chi connectivity index (χ2v) is 6.22. The molecule has 2 rings (SSSR count). The Morgan fingerprint density at radius 2 is 1.83 bits per heavy atom. The third-order valence-electron chi connectivity index (χ3n) is 3.43. The van der Waals surface area contributed by atoms with Gasteiger partial charge in [0.2, 0.25) is 0 Å². The van der Waals surface area contributed by atoms with Crippen molar-refractivity contribution in [3.63, 3.8) is 0 Å². The van der Waals surface area contributed by atoms with Gasteiger partial charge in [0.05, 0.1) is 5.02 Å². The van der Waals surface area contributed by atoms with Gasteiger partial charge in [-0.25, -0.2) is 4.98 Å².